The lowest BCUT2D eigenvalue weighted by Crippen LogP contribution is -2.36. The fourth-order valence-corrected chi connectivity index (χ4v) is 2.64. The van der Waals surface area contributed by atoms with Crippen molar-refractivity contribution in [2.24, 2.45) is 12.0 Å². The number of guanidine groups is 1. The van der Waals surface area contributed by atoms with Crippen molar-refractivity contribution in [1.29, 1.82) is 0 Å². The van der Waals surface area contributed by atoms with Gasteiger partial charge in [-0.05, 0) is 32.0 Å². The Morgan fingerprint density at radius 3 is 2.80 bits per heavy atom. The molecule has 108 valence electrons. The molecule has 0 atom stereocenters. The molecular formula is C14H21N5S. The van der Waals surface area contributed by atoms with E-state index in [1.165, 1.54) is 9.75 Å². The molecule has 0 aliphatic heterocycles. The number of hydrogen-bond donors (Lipinski definition) is 2. The van der Waals surface area contributed by atoms with Crippen molar-refractivity contribution in [2.75, 3.05) is 6.54 Å². The van der Waals surface area contributed by atoms with Crippen molar-refractivity contribution in [3.05, 3.63) is 39.8 Å². The van der Waals surface area contributed by atoms with Crippen molar-refractivity contribution in [3.63, 3.8) is 0 Å². The van der Waals surface area contributed by atoms with Crippen LogP contribution in [-0.4, -0.2) is 22.3 Å². The van der Waals surface area contributed by atoms with Gasteiger partial charge in [-0.3, -0.25) is 4.68 Å². The second kappa shape index (κ2) is 7.09. The van der Waals surface area contributed by atoms with Crippen LogP contribution in [0.25, 0.3) is 0 Å². The van der Waals surface area contributed by atoms with Crippen LogP contribution in [0.5, 0.6) is 0 Å². The fraction of sp³-hybridized carbons (Fsp3) is 0.429. The summed E-state index contributed by atoms with van der Waals surface area (Å²) < 4.78 is 1.84. The number of nitrogens with zero attached hydrogens (tertiary/aromatic N) is 3. The highest BCUT2D eigenvalue weighted by Gasteiger charge is 2.01. The second-order valence-corrected chi connectivity index (χ2v) is 5.88. The average Bonchev–Trinajstić information content (AvgIpc) is 3.02. The molecule has 5 nitrogen and oxygen atoms in total. The second-order valence-electron chi connectivity index (χ2n) is 4.51. The Morgan fingerprint density at radius 1 is 1.35 bits per heavy atom. The Morgan fingerprint density at radius 2 is 2.20 bits per heavy atom. The summed E-state index contributed by atoms with van der Waals surface area (Å²) in [5.74, 6) is 0.833. The molecule has 0 fully saturated rings. The number of thiophene rings is 1. The van der Waals surface area contributed by atoms with E-state index in [0.29, 0.717) is 6.54 Å². The van der Waals surface area contributed by atoms with E-state index < -0.39 is 0 Å². The molecule has 0 amide bonds. The summed E-state index contributed by atoms with van der Waals surface area (Å²) in [6.07, 6.45) is 1.79. The van der Waals surface area contributed by atoms with Crippen LogP contribution in [0.2, 0.25) is 0 Å². The van der Waals surface area contributed by atoms with Crippen LogP contribution in [0.1, 0.15) is 22.4 Å². The summed E-state index contributed by atoms with van der Waals surface area (Å²) in [7, 11) is 1.93. The molecule has 2 heterocycles. The van der Waals surface area contributed by atoms with E-state index in [9.17, 15) is 0 Å². The van der Waals surface area contributed by atoms with Crippen LogP contribution in [-0.2, 0) is 20.1 Å². The quantitative estimate of drug-likeness (QED) is 0.655. The van der Waals surface area contributed by atoms with Crippen LogP contribution >= 0.6 is 11.3 Å². The molecule has 0 saturated carbocycles. The number of aromatic nitrogens is 2. The maximum absolute atomic E-state index is 4.58. The molecule has 0 bridgehead atoms. The number of nitrogens with one attached hydrogen (secondary N) is 2. The van der Waals surface area contributed by atoms with Crippen LogP contribution in [0.15, 0.2) is 29.4 Å². The number of aliphatic imine (C=N–C) groups is 1. The lowest BCUT2D eigenvalue weighted by Gasteiger charge is -2.10. The van der Waals surface area contributed by atoms with Crippen molar-refractivity contribution < 1.29 is 0 Å². The molecule has 2 aromatic heterocycles. The first-order chi connectivity index (χ1) is 9.69. The first-order valence-electron chi connectivity index (χ1n) is 6.73. The maximum atomic E-state index is 4.58. The lowest BCUT2D eigenvalue weighted by atomic mass is 10.4. The van der Waals surface area contributed by atoms with Crippen molar-refractivity contribution in [2.45, 2.75) is 26.9 Å². The zero-order chi connectivity index (χ0) is 14.4. The van der Waals surface area contributed by atoms with Gasteiger partial charge in [0.05, 0.1) is 18.8 Å². The third-order valence-electron chi connectivity index (χ3n) is 2.89. The van der Waals surface area contributed by atoms with Gasteiger partial charge in [0.1, 0.15) is 0 Å². The minimum atomic E-state index is 0.620. The molecule has 2 aromatic rings. The largest absolute Gasteiger partial charge is 0.357 e. The molecular weight excluding hydrogens is 270 g/mol. The van der Waals surface area contributed by atoms with E-state index >= 15 is 0 Å². The van der Waals surface area contributed by atoms with Gasteiger partial charge in [-0.15, -0.1) is 11.3 Å². The van der Waals surface area contributed by atoms with Gasteiger partial charge < -0.3 is 10.6 Å². The fourth-order valence-electron chi connectivity index (χ4n) is 1.81. The van der Waals surface area contributed by atoms with Gasteiger partial charge in [-0.25, -0.2) is 4.99 Å². The highest BCUT2D eigenvalue weighted by atomic mass is 32.1. The first-order valence-corrected chi connectivity index (χ1v) is 7.55. The predicted octanol–water partition coefficient (Wildman–Crippen LogP) is 2.05. The Balaban J connectivity index is 1.94. The molecule has 20 heavy (non-hydrogen) atoms. The summed E-state index contributed by atoms with van der Waals surface area (Å²) in [6.45, 7) is 6.46. The number of hydrogen-bond acceptors (Lipinski definition) is 3. The van der Waals surface area contributed by atoms with Gasteiger partial charge in [0.2, 0.25) is 0 Å². The molecule has 0 aliphatic rings. The maximum Gasteiger partial charge on any atom is 0.191 e. The molecule has 6 heteroatoms. The number of aryl methyl sites for hydroxylation is 2. The van der Waals surface area contributed by atoms with E-state index in [2.05, 4.69) is 46.7 Å². The normalized spacial score (nSPS) is 11.7. The van der Waals surface area contributed by atoms with Crippen LogP contribution in [0.4, 0.5) is 0 Å². The third-order valence-corrected chi connectivity index (χ3v) is 3.89. The zero-order valence-corrected chi connectivity index (χ0v) is 13.0. The molecule has 0 spiro atoms. The van der Waals surface area contributed by atoms with Crippen LogP contribution < -0.4 is 10.6 Å². The lowest BCUT2D eigenvalue weighted by molar-refractivity contribution is 0.707. The number of rotatable bonds is 5. The summed E-state index contributed by atoms with van der Waals surface area (Å²) >= 11 is 1.81. The molecule has 0 unspecified atom stereocenters. The molecule has 2 N–H and O–H groups in total. The SMILES string of the molecule is CCNC(=NCc1ccnn1C)NCc1ccc(C)s1. The van der Waals surface area contributed by atoms with Gasteiger partial charge in [0.25, 0.3) is 0 Å². The van der Waals surface area contributed by atoms with Crippen LogP contribution in [0, 0.1) is 6.92 Å². The summed E-state index contributed by atoms with van der Waals surface area (Å²) in [5, 5.41) is 10.8. The van der Waals surface area contributed by atoms with Crippen molar-refractivity contribution in [3.8, 4) is 0 Å². The van der Waals surface area contributed by atoms with E-state index in [4.69, 9.17) is 0 Å². The molecule has 2 rings (SSSR count). The topological polar surface area (TPSA) is 54.2 Å². The van der Waals surface area contributed by atoms with E-state index in [1.54, 1.807) is 17.5 Å². The molecule has 0 radical (unpaired) electrons. The van der Waals surface area contributed by atoms with E-state index in [1.807, 2.05) is 17.8 Å². The van der Waals surface area contributed by atoms with Crippen molar-refractivity contribution in [1.82, 2.24) is 20.4 Å². The van der Waals surface area contributed by atoms with Gasteiger partial charge in [0, 0.05) is 29.5 Å². The smallest absolute Gasteiger partial charge is 0.191 e. The van der Waals surface area contributed by atoms with Gasteiger partial charge in [0.15, 0.2) is 5.96 Å². The van der Waals surface area contributed by atoms with E-state index in [0.717, 1.165) is 24.7 Å². The predicted molar refractivity (Wildman–Crippen MR) is 83.9 cm³/mol. The van der Waals surface area contributed by atoms with E-state index in [-0.39, 0.29) is 0 Å². The van der Waals surface area contributed by atoms with Crippen molar-refractivity contribution >= 4 is 17.3 Å². The Bertz CT molecular complexity index is 570. The zero-order valence-electron chi connectivity index (χ0n) is 12.2. The minimum absolute atomic E-state index is 0.620. The molecule has 0 aromatic carbocycles. The summed E-state index contributed by atoms with van der Waals surface area (Å²) in [6, 6.07) is 6.27. The van der Waals surface area contributed by atoms with Gasteiger partial charge in [-0.1, -0.05) is 0 Å². The molecule has 0 saturated heterocycles. The molecule has 0 aliphatic carbocycles. The minimum Gasteiger partial charge on any atom is -0.357 e. The van der Waals surface area contributed by atoms with Gasteiger partial charge in [-0.2, -0.15) is 5.10 Å². The summed E-state index contributed by atoms with van der Waals surface area (Å²) in [4.78, 5) is 7.22. The average molecular weight is 291 g/mol. The monoisotopic (exact) mass is 291 g/mol. The Kier molecular flexibility index (Phi) is 5.17. The first kappa shape index (κ1) is 14.6. The standard InChI is InChI=1S/C14H21N5S/c1-4-15-14(16-9-12-7-8-18-19(12)3)17-10-13-6-5-11(2)20-13/h5-8H,4,9-10H2,1-3H3,(H2,15,16,17). The van der Waals surface area contributed by atoms with Gasteiger partial charge >= 0.3 is 0 Å². The summed E-state index contributed by atoms with van der Waals surface area (Å²) in [5.41, 5.74) is 1.09. The highest BCUT2D eigenvalue weighted by Crippen LogP contribution is 2.14. The third kappa shape index (κ3) is 4.09. The Hall–Kier alpha value is -1.82. The highest BCUT2D eigenvalue weighted by molar-refractivity contribution is 7.11. The Labute approximate surface area is 123 Å². The van der Waals surface area contributed by atoms with Crippen LogP contribution in [0.3, 0.4) is 0 Å².